The molecule has 0 aromatic heterocycles. The summed E-state index contributed by atoms with van der Waals surface area (Å²) in [5.74, 6) is -1.87. The van der Waals surface area contributed by atoms with Crippen LogP contribution in [0.25, 0.3) is 0 Å². The largest absolute Gasteiger partial charge is 0.478 e. The summed E-state index contributed by atoms with van der Waals surface area (Å²) >= 11 is 1.34. The molecule has 2 nitrogen and oxygen atoms in total. The third kappa shape index (κ3) is 3.36. The van der Waals surface area contributed by atoms with Gasteiger partial charge in [0.15, 0.2) is 0 Å². The van der Waals surface area contributed by atoms with Crippen molar-refractivity contribution in [2.45, 2.75) is 17.6 Å². The van der Waals surface area contributed by atoms with Crippen molar-refractivity contribution < 1.29 is 18.7 Å². The zero-order chi connectivity index (χ0) is 14.7. The van der Waals surface area contributed by atoms with E-state index in [1.807, 2.05) is 6.92 Å². The molecular weight excluding hydrogens is 282 g/mol. The highest BCUT2D eigenvalue weighted by atomic mass is 32.2. The van der Waals surface area contributed by atoms with Crippen LogP contribution in [0, 0.1) is 18.6 Å². The van der Waals surface area contributed by atoms with Gasteiger partial charge in [0, 0.05) is 10.6 Å². The number of halogens is 2. The summed E-state index contributed by atoms with van der Waals surface area (Å²) < 4.78 is 26.4. The molecule has 0 atom stereocenters. The van der Waals surface area contributed by atoms with Gasteiger partial charge in [-0.25, -0.2) is 13.6 Å². The molecule has 0 spiro atoms. The Bertz CT molecular complexity index is 656. The van der Waals surface area contributed by atoms with Crippen molar-refractivity contribution in [2.75, 3.05) is 0 Å². The molecule has 2 aromatic rings. The zero-order valence-electron chi connectivity index (χ0n) is 10.7. The maximum Gasteiger partial charge on any atom is 0.338 e. The number of aryl methyl sites for hydroxylation is 1. The topological polar surface area (TPSA) is 37.3 Å². The maximum absolute atomic E-state index is 13.3. The Morgan fingerprint density at radius 2 is 1.95 bits per heavy atom. The number of carboxylic acids is 1. The molecule has 1 N–H and O–H groups in total. The van der Waals surface area contributed by atoms with Gasteiger partial charge in [0.1, 0.15) is 11.6 Å². The van der Waals surface area contributed by atoms with Crippen LogP contribution in [-0.2, 0) is 5.75 Å². The number of carbonyl (C=O) groups is 1. The van der Waals surface area contributed by atoms with E-state index in [4.69, 9.17) is 5.11 Å². The van der Waals surface area contributed by atoms with Crippen molar-refractivity contribution >= 4 is 17.7 Å². The summed E-state index contributed by atoms with van der Waals surface area (Å²) in [6, 6.07) is 8.47. The number of thioether (sulfide) groups is 1. The second-order valence-corrected chi connectivity index (χ2v) is 5.36. The van der Waals surface area contributed by atoms with Crippen molar-refractivity contribution in [3.8, 4) is 0 Å². The van der Waals surface area contributed by atoms with Gasteiger partial charge in [0.25, 0.3) is 0 Å². The van der Waals surface area contributed by atoms with Crippen LogP contribution >= 0.6 is 11.8 Å². The number of carboxylic acid groups (broad SMARTS) is 1. The Morgan fingerprint density at radius 1 is 1.20 bits per heavy atom. The molecule has 2 aromatic carbocycles. The molecule has 0 fully saturated rings. The highest BCUT2D eigenvalue weighted by Crippen LogP contribution is 2.26. The molecule has 0 bridgehead atoms. The van der Waals surface area contributed by atoms with E-state index in [-0.39, 0.29) is 11.4 Å². The van der Waals surface area contributed by atoms with Gasteiger partial charge in [0.05, 0.1) is 5.56 Å². The van der Waals surface area contributed by atoms with Crippen LogP contribution < -0.4 is 0 Å². The van der Waals surface area contributed by atoms with E-state index in [0.717, 1.165) is 17.2 Å². The van der Waals surface area contributed by atoms with E-state index < -0.39 is 11.8 Å². The fraction of sp³-hybridized carbons (Fsp3) is 0.133. The van der Waals surface area contributed by atoms with E-state index >= 15 is 0 Å². The monoisotopic (exact) mass is 294 g/mol. The first-order chi connectivity index (χ1) is 9.47. The molecule has 0 aliphatic rings. The Hall–Kier alpha value is -1.88. The molecule has 104 valence electrons. The molecule has 2 rings (SSSR count). The van der Waals surface area contributed by atoms with Crippen molar-refractivity contribution in [3.63, 3.8) is 0 Å². The second-order valence-electron chi connectivity index (χ2n) is 4.31. The minimum atomic E-state index is -1.30. The first-order valence-electron chi connectivity index (χ1n) is 5.88. The standard InChI is InChI=1S/C15H12F2O2S/c1-9-2-3-11(16)6-10(9)8-20-12-4-5-14(17)13(7-12)15(18)19/h2-7H,8H2,1H3,(H,18,19). The van der Waals surface area contributed by atoms with Crippen LogP contribution in [0.4, 0.5) is 8.78 Å². The normalized spacial score (nSPS) is 10.6. The smallest absolute Gasteiger partial charge is 0.338 e. The third-order valence-electron chi connectivity index (χ3n) is 2.87. The summed E-state index contributed by atoms with van der Waals surface area (Å²) in [6.07, 6.45) is 0. The second kappa shape index (κ2) is 6.05. The number of hydrogen-bond donors (Lipinski definition) is 1. The molecule has 5 heteroatoms. The van der Waals surface area contributed by atoms with Crippen LogP contribution in [-0.4, -0.2) is 11.1 Å². The Kier molecular flexibility index (Phi) is 4.39. The lowest BCUT2D eigenvalue weighted by molar-refractivity contribution is 0.0691. The fourth-order valence-corrected chi connectivity index (χ4v) is 2.71. The predicted octanol–water partition coefficient (Wildman–Crippen LogP) is 4.26. The van der Waals surface area contributed by atoms with Crippen molar-refractivity contribution in [1.29, 1.82) is 0 Å². The van der Waals surface area contributed by atoms with E-state index in [1.165, 1.54) is 36.0 Å². The van der Waals surface area contributed by atoms with Gasteiger partial charge < -0.3 is 5.11 Å². The average molecular weight is 294 g/mol. The van der Waals surface area contributed by atoms with Gasteiger partial charge in [-0.1, -0.05) is 6.07 Å². The van der Waals surface area contributed by atoms with Crippen molar-refractivity contribution in [3.05, 3.63) is 64.7 Å². The number of aromatic carboxylic acids is 1. The number of hydrogen-bond acceptors (Lipinski definition) is 2. The molecule has 0 saturated heterocycles. The van der Waals surface area contributed by atoms with Gasteiger partial charge >= 0.3 is 5.97 Å². The van der Waals surface area contributed by atoms with Crippen molar-refractivity contribution in [1.82, 2.24) is 0 Å². The molecule has 20 heavy (non-hydrogen) atoms. The third-order valence-corrected chi connectivity index (χ3v) is 3.92. The first kappa shape index (κ1) is 14.5. The number of rotatable bonds is 4. The van der Waals surface area contributed by atoms with Gasteiger partial charge in [-0.3, -0.25) is 0 Å². The van der Waals surface area contributed by atoms with Gasteiger partial charge in [-0.15, -0.1) is 11.8 Å². The summed E-state index contributed by atoms with van der Waals surface area (Å²) in [7, 11) is 0. The first-order valence-corrected chi connectivity index (χ1v) is 6.86. The maximum atomic E-state index is 13.3. The summed E-state index contributed by atoms with van der Waals surface area (Å²) in [5, 5.41) is 8.86. The molecule has 0 unspecified atom stereocenters. The number of benzene rings is 2. The molecular formula is C15H12F2O2S. The van der Waals surface area contributed by atoms with Crippen LogP contribution in [0.15, 0.2) is 41.3 Å². The lowest BCUT2D eigenvalue weighted by Gasteiger charge is -2.07. The van der Waals surface area contributed by atoms with Crippen LogP contribution in [0.2, 0.25) is 0 Å². The van der Waals surface area contributed by atoms with Crippen LogP contribution in [0.1, 0.15) is 21.5 Å². The Balaban J connectivity index is 2.17. The summed E-state index contributed by atoms with van der Waals surface area (Å²) in [6.45, 7) is 1.88. The predicted molar refractivity (Wildman–Crippen MR) is 74.1 cm³/mol. The minimum Gasteiger partial charge on any atom is -0.478 e. The van der Waals surface area contributed by atoms with E-state index in [0.29, 0.717) is 10.6 Å². The molecule has 0 heterocycles. The molecule has 0 aliphatic heterocycles. The van der Waals surface area contributed by atoms with Gasteiger partial charge in [-0.2, -0.15) is 0 Å². The lowest BCUT2D eigenvalue weighted by Crippen LogP contribution is -2.00. The quantitative estimate of drug-likeness (QED) is 0.856. The van der Waals surface area contributed by atoms with Crippen LogP contribution in [0.3, 0.4) is 0 Å². The Labute approximate surface area is 119 Å². The fourth-order valence-electron chi connectivity index (χ4n) is 1.71. The zero-order valence-corrected chi connectivity index (χ0v) is 11.5. The van der Waals surface area contributed by atoms with Crippen molar-refractivity contribution in [2.24, 2.45) is 0 Å². The van der Waals surface area contributed by atoms with E-state index in [2.05, 4.69) is 0 Å². The molecule has 0 amide bonds. The van der Waals surface area contributed by atoms with Gasteiger partial charge in [0.2, 0.25) is 0 Å². The van der Waals surface area contributed by atoms with Gasteiger partial charge in [-0.05, 0) is 48.4 Å². The lowest BCUT2D eigenvalue weighted by atomic mass is 10.1. The summed E-state index contributed by atoms with van der Waals surface area (Å²) in [5.41, 5.74) is 1.43. The average Bonchev–Trinajstić information content (AvgIpc) is 2.41. The molecule has 0 radical (unpaired) electrons. The van der Waals surface area contributed by atoms with Crippen LogP contribution in [0.5, 0.6) is 0 Å². The molecule has 0 saturated carbocycles. The van der Waals surface area contributed by atoms with E-state index in [9.17, 15) is 13.6 Å². The SMILES string of the molecule is Cc1ccc(F)cc1CSc1ccc(F)c(C(=O)O)c1. The summed E-state index contributed by atoms with van der Waals surface area (Å²) in [4.78, 5) is 11.5. The van der Waals surface area contributed by atoms with E-state index in [1.54, 1.807) is 6.07 Å². The Morgan fingerprint density at radius 3 is 2.65 bits per heavy atom. The highest BCUT2D eigenvalue weighted by molar-refractivity contribution is 7.98. The molecule has 0 aliphatic carbocycles. The highest BCUT2D eigenvalue weighted by Gasteiger charge is 2.11. The minimum absolute atomic E-state index is 0.309.